The van der Waals surface area contributed by atoms with E-state index in [0.29, 0.717) is 5.69 Å². The summed E-state index contributed by atoms with van der Waals surface area (Å²) in [6.07, 6.45) is 1.33. The second-order valence-corrected chi connectivity index (χ2v) is 5.79. The number of rotatable bonds is 6. The molecule has 0 aliphatic heterocycles. The maximum Gasteiger partial charge on any atom is 0.323 e. The molecule has 1 aromatic carbocycles. The van der Waals surface area contributed by atoms with E-state index in [2.05, 4.69) is 14.4 Å². The topological polar surface area (TPSA) is 98.5 Å². The number of esters is 1. The number of oxazole rings is 1. The molecular formula is C13H14N2O5S. The van der Waals surface area contributed by atoms with E-state index in [1.807, 2.05) is 30.3 Å². The van der Waals surface area contributed by atoms with Crippen LogP contribution in [0.2, 0.25) is 0 Å². The Hall–Kier alpha value is -2.35. The number of nitrogens with zero attached hydrogens (tertiary/aromatic N) is 1. The first-order chi connectivity index (χ1) is 10.00. The van der Waals surface area contributed by atoms with Crippen LogP contribution >= 0.6 is 0 Å². The molecule has 7 nitrogen and oxygen atoms in total. The molecule has 0 atom stereocenters. The van der Waals surface area contributed by atoms with Gasteiger partial charge in [-0.15, -0.1) is 0 Å². The summed E-state index contributed by atoms with van der Waals surface area (Å²) in [5.41, 5.74) is 1.28. The van der Waals surface area contributed by atoms with Crippen LogP contribution in [0.4, 0.5) is 6.01 Å². The van der Waals surface area contributed by atoms with Crippen LogP contribution in [0, 0.1) is 0 Å². The van der Waals surface area contributed by atoms with E-state index in [4.69, 9.17) is 4.42 Å². The lowest BCUT2D eigenvalue weighted by molar-refractivity contribution is -0.139. The number of hydrogen-bond acceptors (Lipinski definition) is 6. The normalized spacial score (nSPS) is 11.1. The fourth-order valence-electron chi connectivity index (χ4n) is 1.59. The van der Waals surface area contributed by atoms with Crippen molar-refractivity contribution in [3.8, 4) is 11.3 Å². The number of benzene rings is 1. The number of ether oxygens (including phenoxy) is 1. The predicted octanol–water partition coefficient (Wildman–Crippen LogP) is 1.65. The van der Waals surface area contributed by atoms with Crippen molar-refractivity contribution in [2.24, 2.45) is 0 Å². The molecule has 0 saturated heterocycles. The molecule has 0 unspecified atom stereocenters. The lowest BCUT2D eigenvalue weighted by Gasteiger charge is -2.03. The van der Waals surface area contributed by atoms with Gasteiger partial charge < -0.3 is 9.15 Å². The summed E-state index contributed by atoms with van der Waals surface area (Å²) in [6, 6.07) is 8.94. The molecule has 0 aliphatic rings. The van der Waals surface area contributed by atoms with Gasteiger partial charge in [-0.3, -0.25) is 4.79 Å². The second kappa shape index (κ2) is 6.40. The van der Waals surface area contributed by atoms with Crippen LogP contribution < -0.4 is 4.72 Å². The zero-order chi connectivity index (χ0) is 15.3. The van der Waals surface area contributed by atoms with E-state index in [1.54, 1.807) is 6.92 Å². The first-order valence-corrected chi connectivity index (χ1v) is 7.82. The highest BCUT2D eigenvalue weighted by Crippen LogP contribution is 2.20. The lowest BCUT2D eigenvalue weighted by atomic mass is 10.2. The van der Waals surface area contributed by atoms with Crippen molar-refractivity contribution in [1.29, 1.82) is 0 Å². The Morgan fingerprint density at radius 2 is 2.05 bits per heavy atom. The Labute approximate surface area is 122 Å². The monoisotopic (exact) mass is 310 g/mol. The highest BCUT2D eigenvalue weighted by Gasteiger charge is 2.20. The summed E-state index contributed by atoms with van der Waals surface area (Å²) in [4.78, 5) is 15.2. The van der Waals surface area contributed by atoms with Gasteiger partial charge in [-0.2, -0.15) is 4.98 Å². The maximum atomic E-state index is 11.7. The molecule has 0 saturated carbocycles. The fourth-order valence-corrected chi connectivity index (χ4v) is 2.41. The Balaban J connectivity index is 2.07. The second-order valence-electron chi connectivity index (χ2n) is 4.07. The molecule has 1 heterocycles. The lowest BCUT2D eigenvalue weighted by Crippen LogP contribution is -2.24. The van der Waals surface area contributed by atoms with Crippen molar-refractivity contribution in [2.75, 3.05) is 17.1 Å². The van der Waals surface area contributed by atoms with Gasteiger partial charge in [0.25, 0.3) is 0 Å². The standard InChI is InChI=1S/C13H14N2O5S/c1-2-19-12(16)9-21(17,18)15-13-14-11(8-20-13)10-6-4-3-5-7-10/h3-8H,2,9H2,1H3,(H,14,15). The summed E-state index contributed by atoms with van der Waals surface area (Å²) in [6.45, 7) is 1.71. The van der Waals surface area contributed by atoms with Gasteiger partial charge in [0.05, 0.1) is 6.61 Å². The number of sulfonamides is 1. The van der Waals surface area contributed by atoms with Crippen LogP contribution in [-0.4, -0.2) is 31.7 Å². The highest BCUT2D eigenvalue weighted by atomic mass is 32.2. The average molecular weight is 310 g/mol. The van der Waals surface area contributed by atoms with Gasteiger partial charge in [0.15, 0.2) is 5.75 Å². The number of hydrogen-bond donors (Lipinski definition) is 1. The minimum atomic E-state index is -3.91. The van der Waals surface area contributed by atoms with Gasteiger partial charge in [0.1, 0.15) is 12.0 Å². The molecule has 21 heavy (non-hydrogen) atoms. The largest absolute Gasteiger partial charge is 0.465 e. The van der Waals surface area contributed by atoms with Gasteiger partial charge in [-0.25, -0.2) is 13.1 Å². The molecule has 1 N–H and O–H groups in total. The van der Waals surface area contributed by atoms with E-state index >= 15 is 0 Å². The Bertz CT molecular complexity index is 709. The third-order valence-electron chi connectivity index (χ3n) is 2.43. The quantitative estimate of drug-likeness (QED) is 0.814. The molecule has 0 bridgehead atoms. The predicted molar refractivity (Wildman–Crippen MR) is 76.0 cm³/mol. The summed E-state index contributed by atoms with van der Waals surface area (Å²) < 4.78 is 35.2. The molecule has 8 heteroatoms. The minimum absolute atomic E-state index is 0.117. The van der Waals surface area contributed by atoms with Crippen LogP contribution in [0.1, 0.15) is 6.92 Å². The molecule has 0 spiro atoms. The molecular weight excluding hydrogens is 296 g/mol. The summed E-state index contributed by atoms with van der Waals surface area (Å²) >= 11 is 0. The van der Waals surface area contributed by atoms with Gasteiger partial charge >= 0.3 is 12.0 Å². The molecule has 0 amide bonds. The summed E-state index contributed by atoms with van der Waals surface area (Å²) in [5, 5.41) is 0. The van der Waals surface area contributed by atoms with Crippen LogP contribution in [-0.2, 0) is 19.6 Å². The van der Waals surface area contributed by atoms with E-state index < -0.39 is 21.7 Å². The third-order valence-corrected chi connectivity index (χ3v) is 3.53. The highest BCUT2D eigenvalue weighted by molar-refractivity contribution is 7.93. The number of aromatic nitrogens is 1. The van der Waals surface area contributed by atoms with E-state index in [-0.39, 0.29) is 12.6 Å². The van der Waals surface area contributed by atoms with E-state index in [0.717, 1.165) is 5.56 Å². The van der Waals surface area contributed by atoms with Crippen molar-refractivity contribution in [2.45, 2.75) is 6.92 Å². The minimum Gasteiger partial charge on any atom is -0.465 e. The fraction of sp³-hybridized carbons (Fsp3) is 0.231. The summed E-state index contributed by atoms with van der Waals surface area (Å²) in [7, 11) is -3.91. The van der Waals surface area contributed by atoms with Crippen molar-refractivity contribution in [1.82, 2.24) is 4.98 Å². The molecule has 112 valence electrons. The Morgan fingerprint density at radius 1 is 1.33 bits per heavy atom. The third kappa shape index (κ3) is 4.32. The Kier molecular flexibility index (Phi) is 4.59. The van der Waals surface area contributed by atoms with Crippen LogP contribution in [0.25, 0.3) is 11.3 Å². The van der Waals surface area contributed by atoms with Gasteiger partial charge in [0.2, 0.25) is 10.0 Å². The van der Waals surface area contributed by atoms with Crippen LogP contribution in [0.5, 0.6) is 0 Å². The van der Waals surface area contributed by atoms with E-state index in [1.165, 1.54) is 6.26 Å². The number of nitrogens with one attached hydrogen (secondary N) is 1. The van der Waals surface area contributed by atoms with Gasteiger partial charge in [0, 0.05) is 5.56 Å². The zero-order valence-electron chi connectivity index (χ0n) is 11.3. The average Bonchev–Trinajstić information content (AvgIpc) is 2.87. The van der Waals surface area contributed by atoms with Gasteiger partial charge in [-0.1, -0.05) is 30.3 Å². The zero-order valence-corrected chi connectivity index (χ0v) is 12.1. The van der Waals surface area contributed by atoms with Gasteiger partial charge in [-0.05, 0) is 6.92 Å². The van der Waals surface area contributed by atoms with E-state index in [9.17, 15) is 13.2 Å². The Morgan fingerprint density at radius 3 is 2.71 bits per heavy atom. The molecule has 2 rings (SSSR count). The van der Waals surface area contributed by atoms with Crippen molar-refractivity contribution < 1.29 is 22.4 Å². The molecule has 1 aromatic heterocycles. The molecule has 0 aliphatic carbocycles. The van der Waals surface area contributed by atoms with Crippen LogP contribution in [0.3, 0.4) is 0 Å². The number of anilines is 1. The number of carbonyl (C=O) groups excluding carboxylic acids is 1. The SMILES string of the molecule is CCOC(=O)CS(=O)(=O)Nc1nc(-c2ccccc2)co1. The molecule has 0 radical (unpaired) electrons. The maximum absolute atomic E-state index is 11.7. The first kappa shape index (κ1) is 15.0. The van der Waals surface area contributed by atoms with Crippen molar-refractivity contribution in [3.05, 3.63) is 36.6 Å². The van der Waals surface area contributed by atoms with Crippen molar-refractivity contribution >= 4 is 22.0 Å². The first-order valence-electron chi connectivity index (χ1n) is 6.17. The smallest absolute Gasteiger partial charge is 0.323 e. The molecule has 2 aromatic rings. The van der Waals surface area contributed by atoms with Crippen LogP contribution in [0.15, 0.2) is 41.0 Å². The van der Waals surface area contributed by atoms with Crippen molar-refractivity contribution in [3.63, 3.8) is 0 Å². The number of carbonyl (C=O) groups is 1. The summed E-state index contributed by atoms with van der Waals surface area (Å²) in [5.74, 6) is -1.62. The molecule has 0 fully saturated rings.